The smallest absolute Gasteiger partial charge is 0.351 e. The fraction of sp³-hybridized carbons (Fsp3) is 0. The molecule has 1 heterocycles. The van der Waals surface area contributed by atoms with Crippen LogP contribution in [-0.2, 0) is 0 Å². The van der Waals surface area contributed by atoms with Crippen molar-refractivity contribution in [3.8, 4) is 11.8 Å². The molecule has 134 valence electrons. The number of ether oxygens (including phenoxy) is 1. The highest BCUT2D eigenvalue weighted by atomic mass is 79.9. The summed E-state index contributed by atoms with van der Waals surface area (Å²) in [6.07, 6.45) is 0. The minimum absolute atomic E-state index is 0.0927. The van der Waals surface area contributed by atoms with E-state index in [0.29, 0.717) is 8.95 Å². The van der Waals surface area contributed by atoms with Crippen LogP contribution in [0.15, 0.2) is 54.6 Å². The summed E-state index contributed by atoms with van der Waals surface area (Å²) < 4.78 is 11.2. The van der Waals surface area contributed by atoms with Gasteiger partial charge in [-0.15, -0.1) is 0 Å². The Kier molecular flexibility index (Phi) is 5.12. The van der Waals surface area contributed by atoms with Crippen LogP contribution in [0.5, 0.6) is 5.75 Å². The van der Waals surface area contributed by atoms with Crippen LogP contribution in [-0.4, -0.2) is 17.0 Å². The summed E-state index contributed by atoms with van der Waals surface area (Å²) in [6.45, 7) is 0. The van der Waals surface area contributed by atoms with Gasteiger partial charge in [0.15, 0.2) is 11.3 Å². The van der Waals surface area contributed by atoms with Gasteiger partial charge in [-0.3, -0.25) is 0 Å². The van der Waals surface area contributed by atoms with Gasteiger partial charge in [0.2, 0.25) is 0 Å². The van der Waals surface area contributed by atoms with E-state index in [4.69, 9.17) is 19.5 Å². The summed E-state index contributed by atoms with van der Waals surface area (Å²) in [5, 5.41) is 18.3. The Hall–Kier alpha value is -2.96. The van der Waals surface area contributed by atoms with Crippen LogP contribution < -0.4 is 10.4 Å². The lowest BCUT2D eigenvalue weighted by Crippen LogP contribution is -2.14. The van der Waals surface area contributed by atoms with Gasteiger partial charge < -0.3 is 14.3 Å². The number of esters is 1. The van der Waals surface area contributed by atoms with E-state index >= 15 is 0 Å². The van der Waals surface area contributed by atoms with E-state index in [9.17, 15) is 14.4 Å². The highest BCUT2D eigenvalue weighted by Crippen LogP contribution is 2.39. The topological polar surface area (TPSA) is 118 Å². The average Bonchev–Trinajstić information content (AvgIpc) is 2.65. The molecule has 0 unspecified atom stereocenters. The minimum Gasteiger partial charge on any atom is -0.477 e. The van der Waals surface area contributed by atoms with Crippen LogP contribution in [0.3, 0.4) is 0 Å². The lowest BCUT2D eigenvalue weighted by molar-refractivity contribution is 0.0688. The van der Waals surface area contributed by atoms with Crippen molar-refractivity contribution in [1.82, 2.24) is 0 Å². The lowest BCUT2D eigenvalue weighted by Gasteiger charge is -2.11. The molecule has 0 saturated heterocycles. The van der Waals surface area contributed by atoms with E-state index in [0.717, 1.165) is 6.07 Å². The van der Waals surface area contributed by atoms with Gasteiger partial charge in [-0.2, -0.15) is 5.26 Å². The van der Waals surface area contributed by atoms with Gasteiger partial charge in [-0.25, -0.2) is 14.4 Å². The van der Waals surface area contributed by atoms with Crippen molar-refractivity contribution in [2.45, 2.75) is 0 Å². The molecule has 0 aliphatic carbocycles. The number of carbonyl (C=O) groups excluding carboxylic acids is 1. The molecule has 2 aromatic carbocycles. The number of nitriles is 1. The molecule has 0 spiro atoms. The van der Waals surface area contributed by atoms with Gasteiger partial charge in [0.25, 0.3) is 0 Å². The maximum absolute atomic E-state index is 12.5. The molecule has 1 N–H and O–H groups in total. The number of halogens is 2. The van der Waals surface area contributed by atoms with Crippen molar-refractivity contribution in [2.24, 2.45) is 0 Å². The first kappa shape index (κ1) is 18.8. The molecule has 0 amide bonds. The standard InChI is InChI=1S/C18H7Br2NO6/c19-12-6-10-5-11(16(22)23)18(25)26-14(10)15(13(12)20)27-17(24)9-3-1-2-8(4-9)7-21/h1-6H,(H,22,23). The third kappa shape index (κ3) is 3.63. The molecule has 0 aliphatic heterocycles. The van der Waals surface area contributed by atoms with E-state index < -0.39 is 23.1 Å². The molecule has 0 fully saturated rings. The van der Waals surface area contributed by atoms with Crippen LogP contribution in [0, 0.1) is 11.3 Å². The van der Waals surface area contributed by atoms with Crippen molar-refractivity contribution < 1.29 is 23.8 Å². The van der Waals surface area contributed by atoms with Gasteiger partial charge in [0, 0.05) is 9.86 Å². The Balaban J connectivity index is 2.15. The van der Waals surface area contributed by atoms with Crippen molar-refractivity contribution in [3.05, 3.63) is 72.5 Å². The van der Waals surface area contributed by atoms with E-state index in [1.807, 2.05) is 6.07 Å². The second-order valence-electron chi connectivity index (χ2n) is 5.25. The molecule has 0 saturated carbocycles. The highest BCUT2D eigenvalue weighted by molar-refractivity contribution is 9.13. The monoisotopic (exact) mass is 491 g/mol. The number of hydrogen-bond acceptors (Lipinski definition) is 6. The number of carboxylic acid groups (broad SMARTS) is 1. The van der Waals surface area contributed by atoms with Gasteiger partial charge in [-0.1, -0.05) is 6.07 Å². The molecular weight excluding hydrogens is 486 g/mol. The Morgan fingerprint density at radius 3 is 2.59 bits per heavy atom. The average molecular weight is 493 g/mol. The number of carboxylic acids is 1. The Labute approximate surface area is 168 Å². The molecule has 3 aromatic rings. The first-order valence-corrected chi connectivity index (χ1v) is 8.82. The van der Waals surface area contributed by atoms with Crippen LogP contribution in [0.1, 0.15) is 26.3 Å². The molecule has 7 nitrogen and oxygen atoms in total. The minimum atomic E-state index is -1.43. The molecule has 0 aliphatic rings. The zero-order valence-corrected chi connectivity index (χ0v) is 16.3. The molecule has 9 heteroatoms. The van der Waals surface area contributed by atoms with Crippen LogP contribution in [0.2, 0.25) is 0 Å². The number of carbonyl (C=O) groups is 2. The van der Waals surface area contributed by atoms with E-state index in [1.54, 1.807) is 0 Å². The fourth-order valence-electron chi connectivity index (χ4n) is 2.29. The van der Waals surface area contributed by atoms with E-state index in [-0.39, 0.29) is 27.8 Å². The van der Waals surface area contributed by atoms with Crippen molar-refractivity contribution in [2.75, 3.05) is 0 Å². The molecule has 0 bridgehead atoms. The number of fused-ring (bicyclic) bond motifs is 1. The predicted octanol–water partition coefficient (Wildman–Crippen LogP) is 4.11. The molecule has 1 aromatic heterocycles. The van der Waals surface area contributed by atoms with Crippen LogP contribution >= 0.6 is 31.9 Å². The van der Waals surface area contributed by atoms with Crippen LogP contribution in [0.4, 0.5) is 0 Å². The van der Waals surface area contributed by atoms with Crippen LogP contribution in [0.25, 0.3) is 11.0 Å². The summed E-state index contributed by atoms with van der Waals surface area (Å²) in [5.74, 6) is -2.31. The highest BCUT2D eigenvalue weighted by Gasteiger charge is 2.21. The number of hydrogen-bond donors (Lipinski definition) is 1. The number of rotatable bonds is 3. The third-order valence-electron chi connectivity index (χ3n) is 3.53. The van der Waals surface area contributed by atoms with Gasteiger partial charge in [0.05, 0.1) is 21.7 Å². The van der Waals surface area contributed by atoms with Gasteiger partial charge in [0.1, 0.15) is 5.56 Å². The summed E-state index contributed by atoms with van der Waals surface area (Å²) in [4.78, 5) is 35.5. The quantitative estimate of drug-likeness (QED) is 0.332. The molecular formula is C18H7Br2NO6. The molecule has 0 radical (unpaired) electrons. The fourth-order valence-corrected chi connectivity index (χ4v) is 3.09. The Morgan fingerprint density at radius 2 is 1.93 bits per heavy atom. The first-order valence-electron chi connectivity index (χ1n) is 7.23. The van der Waals surface area contributed by atoms with Crippen molar-refractivity contribution in [3.63, 3.8) is 0 Å². The zero-order valence-electron chi connectivity index (χ0n) is 13.2. The lowest BCUT2D eigenvalue weighted by atomic mass is 10.1. The van der Waals surface area contributed by atoms with Crippen molar-refractivity contribution in [1.29, 1.82) is 5.26 Å². The SMILES string of the molecule is N#Cc1cccc(C(=O)Oc2c(Br)c(Br)cc3cc(C(=O)O)c(=O)oc23)c1. The molecule has 27 heavy (non-hydrogen) atoms. The summed E-state index contributed by atoms with van der Waals surface area (Å²) in [7, 11) is 0. The predicted molar refractivity (Wildman–Crippen MR) is 101 cm³/mol. The Bertz CT molecular complexity index is 1210. The largest absolute Gasteiger partial charge is 0.477 e. The number of nitrogens with zero attached hydrogens (tertiary/aromatic N) is 1. The second kappa shape index (κ2) is 7.34. The summed E-state index contributed by atoms with van der Waals surface area (Å²) >= 11 is 6.52. The van der Waals surface area contributed by atoms with E-state index in [2.05, 4.69) is 31.9 Å². The van der Waals surface area contributed by atoms with Gasteiger partial charge in [-0.05, 0) is 62.2 Å². The zero-order chi connectivity index (χ0) is 19.7. The molecule has 3 rings (SSSR count). The summed E-state index contributed by atoms with van der Waals surface area (Å²) in [5.41, 5.74) is -1.31. The van der Waals surface area contributed by atoms with E-state index in [1.165, 1.54) is 30.3 Å². The summed E-state index contributed by atoms with van der Waals surface area (Å²) in [6, 6.07) is 10.5. The first-order chi connectivity index (χ1) is 12.8. The number of aromatic carboxylic acids is 1. The van der Waals surface area contributed by atoms with Gasteiger partial charge >= 0.3 is 17.6 Å². The van der Waals surface area contributed by atoms with Crippen molar-refractivity contribution >= 4 is 54.8 Å². The Morgan fingerprint density at radius 1 is 1.19 bits per heavy atom. The maximum atomic E-state index is 12.5. The second-order valence-corrected chi connectivity index (χ2v) is 6.90. The third-order valence-corrected chi connectivity index (χ3v) is 5.47. The number of benzene rings is 2. The molecule has 0 atom stereocenters. The maximum Gasteiger partial charge on any atom is 0.351 e. The normalized spacial score (nSPS) is 10.4.